The summed E-state index contributed by atoms with van der Waals surface area (Å²) in [6.07, 6.45) is 0.769. The van der Waals surface area contributed by atoms with Gasteiger partial charge in [-0.3, -0.25) is 14.5 Å². The first-order valence-corrected chi connectivity index (χ1v) is 12.7. The highest BCUT2D eigenvalue weighted by molar-refractivity contribution is 7.22. The van der Waals surface area contributed by atoms with Crippen LogP contribution in [0.4, 0.5) is 5.13 Å². The number of amides is 1. The zero-order chi connectivity index (χ0) is 24.3. The molecule has 1 saturated heterocycles. The molecule has 1 fully saturated rings. The first-order valence-electron chi connectivity index (χ1n) is 11.0. The van der Waals surface area contributed by atoms with E-state index in [-0.39, 0.29) is 17.4 Å². The van der Waals surface area contributed by atoms with E-state index >= 15 is 0 Å². The van der Waals surface area contributed by atoms with E-state index in [0.717, 1.165) is 20.9 Å². The highest BCUT2D eigenvalue weighted by Crippen LogP contribution is 2.46. The second-order valence-electron chi connectivity index (χ2n) is 8.47. The van der Waals surface area contributed by atoms with Crippen molar-refractivity contribution in [2.75, 3.05) is 12.0 Å². The number of rotatable bonds is 4. The summed E-state index contributed by atoms with van der Waals surface area (Å²) < 4.78 is 11.9. The molecule has 2 unspecified atom stereocenters. The van der Waals surface area contributed by atoms with E-state index in [1.54, 1.807) is 25.3 Å². The number of ketones is 1. The minimum atomic E-state index is -0.777. The van der Waals surface area contributed by atoms with Crippen LogP contribution in [0.3, 0.4) is 0 Å². The Bertz CT molecular complexity index is 1520. The number of fused-ring (bicyclic) bond motifs is 2. The number of thiophene rings is 1. The normalized spacial score (nSPS) is 20.9. The van der Waals surface area contributed by atoms with Crippen LogP contribution in [0.25, 0.3) is 16.0 Å². The number of ether oxygens (including phenoxy) is 2. The number of hydrogen-bond acceptors (Lipinski definition) is 8. The molecule has 176 valence electrons. The van der Waals surface area contributed by atoms with Crippen LogP contribution < -0.4 is 14.4 Å². The molecule has 2 aliphatic rings. The van der Waals surface area contributed by atoms with E-state index in [1.807, 2.05) is 42.6 Å². The summed E-state index contributed by atoms with van der Waals surface area (Å²) in [6, 6.07) is 13.7. The van der Waals surface area contributed by atoms with Crippen molar-refractivity contribution in [3.8, 4) is 11.5 Å². The summed E-state index contributed by atoms with van der Waals surface area (Å²) in [5, 5.41) is 13.6. The molecular formula is C26H20N2O5S2. The lowest BCUT2D eigenvalue weighted by Crippen LogP contribution is -2.28. The molecule has 35 heavy (non-hydrogen) atoms. The Morgan fingerprint density at radius 2 is 2.06 bits per heavy atom. The quantitative estimate of drug-likeness (QED) is 0.230. The standard InChI is InChI=1S/C26H20N2O5S2/c1-13-10-15-11-14(5-8-18(15)33-13)23(29)21-22(19-4-3-9-34-19)28(25(31)24(21)30)26-27-17-7-6-16(32-2)12-20(17)35-26/h3-9,11-13,22,29H,10H2,1-2H3/b23-21+. The fourth-order valence-corrected chi connectivity index (χ4v) is 6.44. The zero-order valence-electron chi connectivity index (χ0n) is 18.8. The number of anilines is 1. The van der Waals surface area contributed by atoms with Gasteiger partial charge in [0.05, 0.1) is 22.9 Å². The SMILES string of the molecule is COc1ccc2nc(N3C(=O)C(=O)/C(=C(/O)c4ccc5c(c4)CC(C)O5)C3c3cccs3)sc2c1. The monoisotopic (exact) mass is 504 g/mol. The largest absolute Gasteiger partial charge is 0.507 e. The number of carbonyl (C=O) groups is 2. The molecule has 6 rings (SSSR count). The van der Waals surface area contributed by atoms with Gasteiger partial charge in [-0.05, 0) is 60.3 Å². The van der Waals surface area contributed by atoms with Crippen LogP contribution in [-0.2, 0) is 16.0 Å². The van der Waals surface area contributed by atoms with Crippen LogP contribution in [0.15, 0.2) is 59.5 Å². The van der Waals surface area contributed by atoms with Gasteiger partial charge in [-0.1, -0.05) is 17.4 Å². The molecule has 0 saturated carbocycles. The summed E-state index contributed by atoms with van der Waals surface area (Å²) in [4.78, 5) is 33.5. The minimum Gasteiger partial charge on any atom is -0.507 e. The van der Waals surface area contributed by atoms with Gasteiger partial charge in [0.2, 0.25) is 0 Å². The van der Waals surface area contributed by atoms with Crippen LogP contribution in [0.2, 0.25) is 0 Å². The average Bonchev–Trinajstić information content (AvgIpc) is 3.63. The lowest BCUT2D eigenvalue weighted by molar-refractivity contribution is -0.132. The number of carbonyl (C=O) groups excluding carboxylic acids is 2. The third-order valence-electron chi connectivity index (χ3n) is 6.22. The van der Waals surface area contributed by atoms with Crippen LogP contribution in [0.1, 0.15) is 29.0 Å². The minimum absolute atomic E-state index is 0.0526. The molecule has 9 heteroatoms. The van der Waals surface area contributed by atoms with Gasteiger partial charge in [-0.15, -0.1) is 11.3 Å². The topological polar surface area (TPSA) is 89.0 Å². The molecule has 4 aromatic rings. The van der Waals surface area contributed by atoms with Gasteiger partial charge < -0.3 is 14.6 Å². The predicted molar refractivity (Wildman–Crippen MR) is 136 cm³/mol. The first kappa shape index (κ1) is 21.8. The van der Waals surface area contributed by atoms with Gasteiger partial charge >= 0.3 is 5.91 Å². The van der Waals surface area contributed by atoms with Crippen LogP contribution in [0, 0.1) is 0 Å². The van der Waals surface area contributed by atoms with Gasteiger partial charge in [0.15, 0.2) is 5.13 Å². The average molecular weight is 505 g/mol. The molecule has 2 aliphatic heterocycles. The summed E-state index contributed by atoms with van der Waals surface area (Å²) in [6.45, 7) is 1.98. The highest BCUT2D eigenvalue weighted by Gasteiger charge is 2.48. The third kappa shape index (κ3) is 3.50. The molecular weight excluding hydrogens is 484 g/mol. The van der Waals surface area contributed by atoms with E-state index in [9.17, 15) is 14.7 Å². The summed E-state index contributed by atoms with van der Waals surface area (Å²) in [5.74, 6) is -0.194. The Balaban J connectivity index is 1.50. The van der Waals surface area contributed by atoms with Crippen LogP contribution in [-0.4, -0.2) is 35.0 Å². The number of methoxy groups -OCH3 is 1. The third-order valence-corrected chi connectivity index (χ3v) is 8.16. The fourth-order valence-electron chi connectivity index (χ4n) is 4.59. The maximum absolute atomic E-state index is 13.3. The zero-order valence-corrected chi connectivity index (χ0v) is 20.5. The molecule has 4 heterocycles. The second kappa shape index (κ2) is 8.21. The van der Waals surface area contributed by atoms with E-state index in [1.165, 1.54) is 27.6 Å². The number of aliphatic hydroxyl groups excluding tert-OH is 1. The Labute approximate surface area is 208 Å². The predicted octanol–water partition coefficient (Wildman–Crippen LogP) is 5.32. The lowest BCUT2D eigenvalue weighted by atomic mass is 9.98. The number of benzene rings is 2. The number of hydrogen-bond donors (Lipinski definition) is 1. The van der Waals surface area contributed by atoms with Crippen molar-refractivity contribution in [1.82, 2.24) is 4.98 Å². The highest BCUT2D eigenvalue weighted by atomic mass is 32.1. The van der Waals surface area contributed by atoms with E-state index in [4.69, 9.17) is 9.47 Å². The molecule has 0 aliphatic carbocycles. The molecule has 0 radical (unpaired) electrons. The van der Waals surface area contributed by atoms with Crippen molar-refractivity contribution in [1.29, 1.82) is 0 Å². The van der Waals surface area contributed by atoms with Crippen LogP contribution in [0.5, 0.6) is 11.5 Å². The van der Waals surface area contributed by atoms with Crippen molar-refractivity contribution < 1.29 is 24.2 Å². The molecule has 1 amide bonds. The van der Waals surface area contributed by atoms with Gasteiger partial charge in [0, 0.05) is 16.9 Å². The summed E-state index contributed by atoms with van der Waals surface area (Å²) in [5.41, 5.74) is 2.20. The first-order chi connectivity index (χ1) is 16.9. The van der Waals surface area contributed by atoms with Gasteiger partial charge in [-0.25, -0.2) is 4.98 Å². The van der Waals surface area contributed by atoms with E-state index < -0.39 is 17.7 Å². The molecule has 2 atom stereocenters. The van der Waals surface area contributed by atoms with E-state index in [0.29, 0.717) is 28.4 Å². The lowest BCUT2D eigenvalue weighted by Gasteiger charge is -2.21. The summed E-state index contributed by atoms with van der Waals surface area (Å²) >= 11 is 2.72. The van der Waals surface area contributed by atoms with Gasteiger partial charge in [0.1, 0.15) is 29.4 Å². The Morgan fingerprint density at radius 3 is 2.83 bits per heavy atom. The number of thiazole rings is 1. The van der Waals surface area contributed by atoms with Crippen molar-refractivity contribution >= 4 is 55.5 Å². The number of aromatic nitrogens is 1. The van der Waals surface area contributed by atoms with Crippen molar-refractivity contribution in [3.63, 3.8) is 0 Å². The Morgan fingerprint density at radius 1 is 1.20 bits per heavy atom. The van der Waals surface area contributed by atoms with Crippen molar-refractivity contribution in [3.05, 3.63) is 75.5 Å². The molecule has 2 aromatic heterocycles. The van der Waals surface area contributed by atoms with Gasteiger partial charge in [0.25, 0.3) is 5.78 Å². The molecule has 0 spiro atoms. The smallest absolute Gasteiger partial charge is 0.301 e. The van der Waals surface area contributed by atoms with Crippen LogP contribution >= 0.6 is 22.7 Å². The number of nitrogens with zero attached hydrogens (tertiary/aromatic N) is 2. The number of Topliss-reactive ketones (excluding diaryl/α,β-unsaturated/α-hetero) is 1. The molecule has 2 aromatic carbocycles. The van der Waals surface area contributed by atoms with Crippen molar-refractivity contribution in [2.24, 2.45) is 0 Å². The van der Waals surface area contributed by atoms with E-state index in [2.05, 4.69) is 4.98 Å². The summed E-state index contributed by atoms with van der Waals surface area (Å²) in [7, 11) is 1.59. The van der Waals surface area contributed by atoms with Gasteiger partial charge in [-0.2, -0.15) is 0 Å². The number of aliphatic hydroxyl groups is 1. The fraction of sp³-hybridized carbons (Fsp3) is 0.192. The Kier molecular flexibility index (Phi) is 5.12. The Hall–Kier alpha value is -3.69. The molecule has 0 bridgehead atoms. The maximum Gasteiger partial charge on any atom is 0.301 e. The molecule has 1 N–H and O–H groups in total. The molecule has 7 nitrogen and oxygen atoms in total. The van der Waals surface area contributed by atoms with Crippen molar-refractivity contribution in [2.45, 2.75) is 25.5 Å². The maximum atomic E-state index is 13.3. The second-order valence-corrected chi connectivity index (χ2v) is 10.5.